The van der Waals surface area contributed by atoms with Crippen molar-refractivity contribution in [3.8, 4) is 0 Å². The molecule has 0 aliphatic heterocycles. The van der Waals surface area contributed by atoms with Crippen LogP contribution in [-0.2, 0) is 0 Å². The number of nitrogens with one attached hydrogen (secondary N) is 1. The first-order chi connectivity index (χ1) is 8.27. The fraction of sp³-hybridized carbons (Fsp3) is 0.333. The van der Waals surface area contributed by atoms with Gasteiger partial charge in [0.15, 0.2) is 0 Å². The van der Waals surface area contributed by atoms with E-state index >= 15 is 0 Å². The molecule has 0 aliphatic rings. The van der Waals surface area contributed by atoms with Gasteiger partial charge in [-0.25, -0.2) is 0 Å². The Balaban J connectivity index is 1.86. The van der Waals surface area contributed by atoms with Gasteiger partial charge >= 0.3 is 0 Å². The highest BCUT2D eigenvalue weighted by Gasteiger charge is 2.09. The molecule has 0 saturated heterocycles. The Kier molecular flexibility index (Phi) is 3.99. The molecule has 1 aromatic carbocycles. The minimum Gasteiger partial charge on any atom is -0.472 e. The molecule has 0 saturated carbocycles. The van der Waals surface area contributed by atoms with Crippen molar-refractivity contribution in [2.45, 2.75) is 25.8 Å². The molecule has 0 amide bonds. The van der Waals surface area contributed by atoms with E-state index in [1.165, 1.54) is 11.1 Å². The molecule has 2 rings (SSSR count). The van der Waals surface area contributed by atoms with Crippen LogP contribution in [0.25, 0.3) is 0 Å². The SMILES string of the molecule is CC(CNC(C)c1ccoc1)c1ccccc1. The number of hydrogen-bond acceptors (Lipinski definition) is 2. The lowest BCUT2D eigenvalue weighted by atomic mass is 10.0. The molecular weight excluding hydrogens is 210 g/mol. The largest absolute Gasteiger partial charge is 0.472 e. The Morgan fingerprint density at radius 2 is 1.82 bits per heavy atom. The summed E-state index contributed by atoms with van der Waals surface area (Å²) in [5.41, 5.74) is 2.57. The minimum absolute atomic E-state index is 0.333. The van der Waals surface area contributed by atoms with Crippen molar-refractivity contribution >= 4 is 0 Å². The van der Waals surface area contributed by atoms with Gasteiger partial charge in [0.25, 0.3) is 0 Å². The lowest BCUT2D eigenvalue weighted by molar-refractivity contribution is 0.520. The van der Waals surface area contributed by atoms with Crippen LogP contribution in [0.3, 0.4) is 0 Å². The van der Waals surface area contributed by atoms with Gasteiger partial charge in [-0.1, -0.05) is 37.3 Å². The number of benzene rings is 1. The monoisotopic (exact) mass is 229 g/mol. The van der Waals surface area contributed by atoms with Gasteiger partial charge in [0.2, 0.25) is 0 Å². The fourth-order valence-electron chi connectivity index (χ4n) is 1.89. The standard InChI is InChI=1S/C15H19NO/c1-12(14-6-4-3-5-7-14)10-16-13(2)15-8-9-17-11-15/h3-9,11-13,16H,10H2,1-2H3. The maximum absolute atomic E-state index is 5.09. The van der Waals surface area contributed by atoms with Gasteiger partial charge in [0, 0.05) is 18.2 Å². The van der Waals surface area contributed by atoms with Crippen molar-refractivity contribution in [1.29, 1.82) is 0 Å². The Bertz CT molecular complexity index is 421. The average Bonchev–Trinajstić information content (AvgIpc) is 2.90. The van der Waals surface area contributed by atoms with Gasteiger partial charge in [-0.05, 0) is 24.5 Å². The average molecular weight is 229 g/mol. The lowest BCUT2D eigenvalue weighted by Crippen LogP contribution is -2.23. The van der Waals surface area contributed by atoms with E-state index in [4.69, 9.17) is 4.42 Å². The Morgan fingerprint density at radius 3 is 2.47 bits per heavy atom. The van der Waals surface area contributed by atoms with E-state index in [9.17, 15) is 0 Å². The van der Waals surface area contributed by atoms with E-state index < -0.39 is 0 Å². The summed E-state index contributed by atoms with van der Waals surface area (Å²) in [6, 6.07) is 12.9. The molecular formula is C15H19NO. The normalized spacial score (nSPS) is 14.5. The summed E-state index contributed by atoms with van der Waals surface area (Å²) in [5.74, 6) is 0.519. The molecule has 90 valence electrons. The predicted molar refractivity (Wildman–Crippen MR) is 70.0 cm³/mol. The van der Waals surface area contributed by atoms with Crippen LogP contribution in [0.2, 0.25) is 0 Å². The van der Waals surface area contributed by atoms with Crippen LogP contribution >= 0.6 is 0 Å². The summed E-state index contributed by atoms with van der Waals surface area (Å²) in [6.45, 7) is 5.36. The summed E-state index contributed by atoms with van der Waals surface area (Å²) >= 11 is 0. The maximum Gasteiger partial charge on any atom is 0.0950 e. The topological polar surface area (TPSA) is 25.2 Å². The highest BCUT2D eigenvalue weighted by Crippen LogP contribution is 2.16. The Labute approximate surface area is 103 Å². The summed E-state index contributed by atoms with van der Waals surface area (Å²) in [7, 11) is 0. The number of rotatable bonds is 5. The molecule has 2 aromatic rings. The van der Waals surface area contributed by atoms with Crippen molar-refractivity contribution in [2.75, 3.05) is 6.54 Å². The summed E-state index contributed by atoms with van der Waals surface area (Å²) < 4.78 is 5.09. The van der Waals surface area contributed by atoms with Gasteiger partial charge < -0.3 is 9.73 Å². The van der Waals surface area contributed by atoms with Crippen molar-refractivity contribution in [1.82, 2.24) is 5.32 Å². The summed E-state index contributed by atoms with van der Waals surface area (Å²) in [5, 5.41) is 3.52. The molecule has 2 unspecified atom stereocenters. The highest BCUT2D eigenvalue weighted by atomic mass is 16.3. The molecule has 0 bridgehead atoms. The van der Waals surface area contributed by atoms with E-state index in [0.717, 1.165) is 6.54 Å². The third kappa shape index (κ3) is 3.21. The van der Waals surface area contributed by atoms with Crippen LogP contribution in [0, 0.1) is 0 Å². The summed E-state index contributed by atoms with van der Waals surface area (Å²) in [4.78, 5) is 0. The molecule has 0 spiro atoms. The van der Waals surface area contributed by atoms with E-state index in [1.54, 1.807) is 12.5 Å². The molecule has 0 radical (unpaired) electrons. The first kappa shape index (κ1) is 11.9. The van der Waals surface area contributed by atoms with E-state index in [-0.39, 0.29) is 0 Å². The number of hydrogen-bond donors (Lipinski definition) is 1. The molecule has 17 heavy (non-hydrogen) atoms. The molecule has 1 heterocycles. The Hall–Kier alpha value is -1.54. The first-order valence-corrected chi connectivity index (χ1v) is 6.08. The van der Waals surface area contributed by atoms with Gasteiger partial charge in [-0.3, -0.25) is 0 Å². The van der Waals surface area contributed by atoms with Crippen LogP contribution in [0.15, 0.2) is 53.3 Å². The van der Waals surface area contributed by atoms with Gasteiger partial charge in [-0.15, -0.1) is 0 Å². The van der Waals surface area contributed by atoms with Crippen LogP contribution in [0.5, 0.6) is 0 Å². The molecule has 0 fully saturated rings. The van der Waals surface area contributed by atoms with Gasteiger partial charge in [0.05, 0.1) is 12.5 Å². The Morgan fingerprint density at radius 1 is 1.06 bits per heavy atom. The zero-order valence-electron chi connectivity index (χ0n) is 10.4. The van der Waals surface area contributed by atoms with Crippen molar-refractivity contribution in [3.05, 3.63) is 60.1 Å². The van der Waals surface area contributed by atoms with Crippen molar-refractivity contribution in [3.63, 3.8) is 0 Å². The molecule has 1 aromatic heterocycles. The second-order valence-corrected chi connectivity index (χ2v) is 4.50. The third-order valence-corrected chi connectivity index (χ3v) is 3.14. The van der Waals surface area contributed by atoms with Crippen molar-refractivity contribution < 1.29 is 4.42 Å². The maximum atomic E-state index is 5.09. The highest BCUT2D eigenvalue weighted by molar-refractivity contribution is 5.19. The summed E-state index contributed by atoms with van der Waals surface area (Å²) in [6.07, 6.45) is 3.51. The minimum atomic E-state index is 0.333. The molecule has 2 nitrogen and oxygen atoms in total. The van der Waals surface area contributed by atoms with E-state index in [2.05, 4.69) is 49.5 Å². The van der Waals surface area contributed by atoms with Crippen LogP contribution in [0.1, 0.15) is 36.9 Å². The smallest absolute Gasteiger partial charge is 0.0950 e. The van der Waals surface area contributed by atoms with Crippen LogP contribution < -0.4 is 5.32 Å². The van der Waals surface area contributed by atoms with E-state index in [1.807, 2.05) is 6.07 Å². The van der Waals surface area contributed by atoms with Crippen molar-refractivity contribution in [2.24, 2.45) is 0 Å². The van der Waals surface area contributed by atoms with Gasteiger partial charge in [0.1, 0.15) is 0 Å². The second-order valence-electron chi connectivity index (χ2n) is 4.50. The first-order valence-electron chi connectivity index (χ1n) is 6.08. The van der Waals surface area contributed by atoms with E-state index in [0.29, 0.717) is 12.0 Å². The zero-order chi connectivity index (χ0) is 12.1. The molecule has 2 heteroatoms. The lowest BCUT2D eigenvalue weighted by Gasteiger charge is -2.17. The van der Waals surface area contributed by atoms with Crippen LogP contribution in [-0.4, -0.2) is 6.54 Å². The van der Waals surface area contributed by atoms with Gasteiger partial charge in [-0.2, -0.15) is 0 Å². The zero-order valence-corrected chi connectivity index (χ0v) is 10.4. The molecule has 0 aliphatic carbocycles. The molecule has 1 N–H and O–H groups in total. The molecule has 2 atom stereocenters. The quantitative estimate of drug-likeness (QED) is 0.845. The predicted octanol–water partition coefficient (Wildman–Crippen LogP) is 3.73. The second kappa shape index (κ2) is 5.69. The fourth-order valence-corrected chi connectivity index (χ4v) is 1.89. The van der Waals surface area contributed by atoms with Crippen LogP contribution in [0.4, 0.5) is 0 Å². The third-order valence-electron chi connectivity index (χ3n) is 3.14. The number of furan rings is 1.